The van der Waals surface area contributed by atoms with E-state index in [-0.39, 0.29) is 50.8 Å². The Kier molecular flexibility index (Phi) is 4.76. The second-order valence-corrected chi connectivity index (χ2v) is 9.53. The van der Waals surface area contributed by atoms with Crippen molar-refractivity contribution in [3.05, 3.63) is 99.9 Å². The maximum Gasteiger partial charge on any atom is 0.269 e. The number of hydrogen-bond acceptors (Lipinski definition) is 7. The Morgan fingerprint density at radius 2 is 1.56 bits per heavy atom. The molecule has 0 N–H and O–H groups in total. The topological polar surface area (TPSA) is 133 Å². The highest BCUT2D eigenvalue weighted by molar-refractivity contribution is 7.90. The molecule has 2 aliphatic rings. The van der Waals surface area contributed by atoms with E-state index in [0.29, 0.717) is 5.56 Å². The number of ketones is 3. The molecule has 0 saturated heterocycles. The van der Waals surface area contributed by atoms with Crippen LogP contribution in [-0.4, -0.2) is 34.7 Å². The summed E-state index contributed by atoms with van der Waals surface area (Å²) in [4.78, 5) is 48.3. The minimum Gasteiger partial charge on any atom is -0.294 e. The summed E-state index contributed by atoms with van der Waals surface area (Å²) >= 11 is 0. The van der Waals surface area contributed by atoms with Crippen molar-refractivity contribution in [2.45, 2.75) is 11.3 Å². The van der Waals surface area contributed by atoms with E-state index < -0.39 is 26.5 Å². The van der Waals surface area contributed by atoms with Crippen molar-refractivity contribution in [1.82, 2.24) is 3.97 Å². The van der Waals surface area contributed by atoms with Crippen LogP contribution in [0.15, 0.2) is 83.4 Å². The van der Waals surface area contributed by atoms with Gasteiger partial charge in [0.25, 0.3) is 15.7 Å². The highest BCUT2D eigenvalue weighted by atomic mass is 32.2. The lowest BCUT2D eigenvalue weighted by molar-refractivity contribution is -0.384. The molecule has 2 aliphatic carbocycles. The lowest BCUT2D eigenvalue weighted by Gasteiger charge is -2.22. The molecule has 1 heterocycles. The number of aromatic nitrogens is 1. The largest absolute Gasteiger partial charge is 0.294 e. The van der Waals surface area contributed by atoms with Crippen LogP contribution in [0.25, 0.3) is 16.7 Å². The first kappa shape index (κ1) is 21.4. The third-order valence-electron chi connectivity index (χ3n) is 5.74. The predicted molar refractivity (Wildman–Crippen MR) is 121 cm³/mol. The molecule has 0 spiro atoms. The Bertz CT molecular complexity index is 1590. The molecule has 9 nitrogen and oxygen atoms in total. The molecular weight excluding hydrogens is 460 g/mol. The number of nitro groups is 1. The third kappa shape index (κ3) is 3.15. The molecule has 0 bridgehead atoms. The van der Waals surface area contributed by atoms with Crippen molar-refractivity contribution in [3.63, 3.8) is 0 Å². The standard InChI is InChI=1S/C24H14N2O7S/c27-16-8-11-18-19(12-16)22-21(24(29)23(18)28)20(14-4-2-1-3-5-14)13-25(22)34(32,33)17-9-6-15(7-10-17)26(30)31/h1-11,13H,12H2. The molecule has 2 aromatic carbocycles. The van der Waals surface area contributed by atoms with E-state index in [4.69, 9.17) is 0 Å². The van der Waals surface area contributed by atoms with Gasteiger partial charge < -0.3 is 0 Å². The Morgan fingerprint density at radius 1 is 0.882 bits per heavy atom. The Morgan fingerprint density at radius 3 is 2.21 bits per heavy atom. The van der Waals surface area contributed by atoms with Gasteiger partial charge in [-0.15, -0.1) is 0 Å². The van der Waals surface area contributed by atoms with Gasteiger partial charge in [-0.3, -0.25) is 24.5 Å². The summed E-state index contributed by atoms with van der Waals surface area (Å²) in [5, 5.41) is 11.0. The van der Waals surface area contributed by atoms with Crippen LogP contribution in [0.2, 0.25) is 0 Å². The molecule has 0 aliphatic heterocycles. The first-order valence-electron chi connectivity index (χ1n) is 10.0. The van der Waals surface area contributed by atoms with Crippen LogP contribution in [0.5, 0.6) is 0 Å². The molecule has 1 aromatic heterocycles. The summed E-state index contributed by atoms with van der Waals surface area (Å²) in [6.45, 7) is 0. The summed E-state index contributed by atoms with van der Waals surface area (Å²) in [6.07, 6.45) is 3.43. The molecular formula is C24H14N2O7S. The number of non-ortho nitro benzene ring substituents is 1. The van der Waals surface area contributed by atoms with Crippen LogP contribution in [-0.2, 0) is 19.6 Å². The molecule has 34 heavy (non-hydrogen) atoms. The summed E-state index contributed by atoms with van der Waals surface area (Å²) in [5.41, 5.74) is 0.451. The average Bonchev–Trinajstić information content (AvgIpc) is 3.25. The van der Waals surface area contributed by atoms with Crippen LogP contribution >= 0.6 is 0 Å². The number of benzene rings is 2. The zero-order chi connectivity index (χ0) is 24.2. The van der Waals surface area contributed by atoms with Gasteiger partial charge in [0.15, 0.2) is 5.78 Å². The number of Topliss-reactive ketones (excluding diaryl/α,β-unsaturated/α-hetero) is 2. The monoisotopic (exact) mass is 474 g/mol. The smallest absolute Gasteiger partial charge is 0.269 e. The van der Waals surface area contributed by atoms with E-state index in [1.165, 1.54) is 18.3 Å². The van der Waals surface area contributed by atoms with Gasteiger partial charge in [-0.2, -0.15) is 0 Å². The number of hydrogen-bond donors (Lipinski definition) is 0. The van der Waals surface area contributed by atoms with Crippen molar-refractivity contribution < 1.29 is 27.7 Å². The van der Waals surface area contributed by atoms with Crippen LogP contribution in [0.3, 0.4) is 0 Å². The van der Waals surface area contributed by atoms with Gasteiger partial charge in [0, 0.05) is 35.9 Å². The van der Waals surface area contributed by atoms with E-state index in [0.717, 1.165) is 28.2 Å². The Labute approximate surface area is 192 Å². The van der Waals surface area contributed by atoms with Crippen LogP contribution in [0, 0.1) is 10.1 Å². The fourth-order valence-corrected chi connectivity index (χ4v) is 5.54. The second-order valence-electron chi connectivity index (χ2n) is 7.71. The highest BCUT2D eigenvalue weighted by Crippen LogP contribution is 2.42. The van der Waals surface area contributed by atoms with Crippen molar-refractivity contribution in [2.24, 2.45) is 0 Å². The van der Waals surface area contributed by atoms with Gasteiger partial charge in [0.2, 0.25) is 11.6 Å². The molecule has 10 heteroatoms. The van der Waals surface area contributed by atoms with Gasteiger partial charge in [0.05, 0.1) is 21.1 Å². The summed E-state index contributed by atoms with van der Waals surface area (Å²) in [6, 6.07) is 12.8. The minimum absolute atomic E-state index is 0.0186. The number of fused-ring (bicyclic) bond motifs is 2. The molecule has 0 fully saturated rings. The van der Waals surface area contributed by atoms with E-state index >= 15 is 0 Å². The van der Waals surface area contributed by atoms with Crippen LogP contribution in [0.4, 0.5) is 5.69 Å². The van der Waals surface area contributed by atoms with Crippen molar-refractivity contribution in [2.75, 3.05) is 0 Å². The molecule has 0 unspecified atom stereocenters. The molecule has 0 radical (unpaired) electrons. The van der Waals surface area contributed by atoms with Gasteiger partial charge in [-0.1, -0.05) is 30.3 Å². The first-order chi connectivity index (χ1) is 16.2. The van der Waals surface area contributed by atoms with E-state index in [9.17, 15) is 32.9 Å². The van der Waals surface area contributed by atoms with Gasteiger partial charge in [-0.05, 0) is 35.4 Å². The number of rotatable bonds is 4. The van der Waals surface area contributed by atoms with Gasteiger partial charge in [0.1, 0.15) is 0 Å². The van der Waals surface area contributed by atoms with Crippen molar-refractivity contribution in [1.29, 1.82) is 0 Å². The summed E-state index contributed by atoms with van der Waals surface area (Å²) in [7, 11) is -4.36. The van der Waals surface area contributed by atoms with Crippen molar-refractivity contribution in [3.8, 4) is 11.1 Å². The number of carbonyl (C=O) groups is 3. The molecule has 0 atom stereocenters. The van der Waals surface area contributed by atoms with Crippen LogP contribution in [0.1, 0.15) is 22.5 Å². The molecule has 5 rings (SSSR count). The number of nitro benzene ring substituents is 1. The van der Waals surface area contributed by atoms with Crippen molar-refractivity contribution >= 4 is 38.6 Å². The fraction of sp³-hybridized carbons (Fsp3) is 0.0417. The van der Waals surface area contributed by atoms with E-state index in [2.05, 4.69) is 0 Å². The molecule has 0 amide bonds. The Balaban J connectivity index is 1.82. The average molecular weight is 474 g/mol. The fourth-order valence-electron chi connectivity index (χ4n) is 4.14. The summed E-state index contributed by atoms with van der Waals surface area (Å²) < 4.78 is 28.2. The normalized spacial score (nSPS) is 15.4. The third-order valence-corrected chi connectivity index (χ3v) is 7.41. The zero-order valence-electron chi connectivity index (χ0n) is 17.3. The lowest BCUT2D eigenvalue weighted by atomic mass is 9.81. The minimum atomic E-state index is -4.36. The number of nitrogens with zero attached hydrogens (tertiary/aromatic N) is 2. The molecule has 0 saturated carbocycles. The second kappa shape index (κ2) is 7.56. The quantitative estimate of drug-likeness (QED) is 0.322. The van der Waals surface area contributed by atoms with E-state index in [1.54, 1.807) is 30.3 Å². The SMILES string of the molecule is O=C1C=CC2=C(C1)c1c(c(-c3ccccc3)cn1S(=O)(=O)c1ccc([N+](=O)[O-])cc1)C(=O)C2=O. The van der Waals surface area contributed by atoms with E-state index in [1.807, 2.05) is 0 Å². The zero-order valence-corrected chi connectivity index (χ0v) is 18.1. The maximum atomic E-state index is 13.6. The molecule has 168 valence electrons. The first-order valence-corrected chi connectivity index (χ1v) is 11.5. The number of carbonyl (C=O) groups excluding carboxylic acids is 3. The summed E-state index contributed by atoms with van der Waals surface area (Å²) in [5.74, 6) is -2.02. The number of allylic oxidation sites excluding steroid dienone is 4. The predicted octanol–water partition coefficient (Wildman–Crippen LogP) is 3.35. The maximum absolute atomic E-state index is 13.6. The molecule has 3 aromatic rings. The van der Waals surface area contributed by atoms with Crippen LogP contribution < -0.4 is 0 Å². The highest BCUT2D eigenvalue weighted by Gasteiger charge is 2.40. The van der Waals surface area contributed by atoms with Gasteiger partial charge >= 0.3 is 0 Å². The lowest BCUT2D eigenvalue weighted by Crippen LogP contribution is -2.28. The Hall–Kier alpha value is -4.44. The van der Waals surface area contributed by atoms with Gasteiger partial charge in [-0.25, -0.2) is 12.4 Å².